The summed E-state index contributed by atoms with van der Waals surface area (Å²) in [7, 11) is -0.304. The SMILES string of the molecule is C=C(CSc1ccccc1)B1OC(C)(C)C(C)(C)O1. The van der Waals surface area contributed by atoms with Crippen LogP contribution in [0.4, 0.5) is 0 Å². The van der Waals surface area contributed by atoms with Crippen molar-refractivity contribution in [1.29, 1.82) is 0 Å². The monoisotopic (exact) mass is 276 g/mol. The van der Waals surface area contributed by atoms with Gasteiger partial charge < -0.3 is 9.31 Å². The molecule has 1 heterocycles. The van der Waals surface area contributed by atoms with E-state index in [1.165, 1.54) is 4.90 Å². The van der Waals surface area contributed by atoms with Crippen molar-refractivity contribution in [3.05, 3.63) is 42.4 Å². The zero-order chi connectivity index (χ0) is 14.1. The summed E-state index contributed by atoms with van der Waals surface area (Å²) in [5.41, 5.74) is 0.392. The van der Waals surface area contributed by atoms with Gasteiger partial charge in [-0.2, -0.15) is 0 Å². The van der Waals surface area contributed by atoms with E-state index in [4.69, 9.17) is 9.31 Å². The van der Waals surface area contributed by atoms with E-state index in [0.29, 0.717) is 0 Å². The van der Waals surface area contributed by atoms with Gasteiger partial charge in [-0.05, 0) is 45.3 Å². The van der Waals surface area contributed by atoms with E-state index in [1.54, 1.807) is 11.8 Å². The van der Waals surface area contributed by atoms with E-state index in [9.17, 15) is 0 Å². The minimum absolute atomic E-state index is 0.294. The lowest BCUT2D eigenvalue weighted by Gasteiger charge is -2.32. The molecular weight excluding hydrogens is 255 g/mol. The van der Waals surface area contributed by atoms with Crippen LogP contribution < -0.4 is 0 Å². The van der Waals surface area contributed by atoms with Crippen LogP contribution in [0.15, 0.2) is 47.3 Å². The molecule has 0 unspecified atom stereocenters. The Morgan fingerprint density at radius 1 is 1.11 bits per heavy atom. The van der Waals surface area contributed by atoms with Crippen LogP contribution in [0.3, 0.4) is 0 Å². The van der Waals surface area contributed by atoms with Crippen molar-refractivity contribution in [3.8, 4) is 0 Å². The van der Waals surface area contributed by atoms with Crippen LogP contribution in [-0.4, -0.2) is 24.1 Å². The summed E-state index contributed by atoms with van der Waals surface area (Å²) >= 11 is 1.76. The molecule has 1 saturated heterocycles. The Morgan fingerprint density at radius 3 is 2.16 bits per heavy atom. The van der Waals surface area contributed by atoms with Gasteiger partial charge in [0.05, 0.1) is 11.2 Å². The normalized spacial score (nSPS) is 20.5. The van der Waals surface area contributed by atoms with Crippen LogP contribution in [0, 0.1) is 0 Å². The molecule has 0 N–H and O–H groups in total. The molecule has 2 nitrogen and oxygen atoms in total. The van der Waals surface area contributed by atoms with Crippen molar-refractivity contribution in [2.75, 3.05) is 5.75 Å². The van der Waals surface area contributed by atoms with Gasteiger partial charge in [-0.25, -0.2) is 0 Å². The maximum atomic E-state index is 5.98. The Bertz CT molecular complexity index is 440. The maximum absolute atomic E-state index is 5.98. The minimum Gasteiger partial charge on any atom is -0.400 e. The molecule has 0 saturated carbocycles. The molecule has 1 fully saturated rings. The highest BCUT2D eigenvalue weighted by atomic mass is 32.2. The first-order valence-corrected chi connectivity index (χ1v) is 7.51. The van der Waals surface area contributed by atoms with Crippen LogP contribution in [0.2, 0.25) is 0 Å². The molecular formula is C15H21BO2S. The number of hydrogen-bond donors (Lipinski definition) is 0. The fourth-order valence-corrected chi connectivity index (χ4v) is 2.61. The third-order valence-corrected chi connectivity index (χ3v) is 4.87. The molecule has 1 aromatic rings. The first kappa shape index (κ1) is 14.7. The van der Waals surface area contributed by atoms with Gasteiger partial charge in [0.1, 0.15) is 0 Å². The molecule has 2 rings (SSSR count). The molecule has 0 atom stereocenters. The second-order valence-electron chi connectivity index (χ2n) is 5.85. The van der Waals surface area contributed by atoms with Crippen molar-refractivity contribution in [3.63, 3.8) is 0 Å². The Hall–Kier alpha value is -0.705. The van der Waals surface area contributed by atoms with Gasteiger partial charge >= 0.3 is 7.12 Å². The summed E-state index contributed by atoms with van der Waals surface area (Å²) in [6.07, 6.45) is 0. The zero-order valence-electron chi connectivity index (χ0n) is 12.1. The van der Waals surface area contributed by atoms with Gasteiger partial charge in [0.15, 0.2) is 0 Å². The predicted molar refractivity (Wildman–Crippen MR) is 82.4 cm³/mol. The van der Waals surface area contributed by atoms with Crippen molar-refractivity contribution < 1.29 is 9.31 Å². The van der Waals surface area contributed by atoms with Crippen LogP contribution in [0.5, 0.6) is 0 Å². The summed E-state index contributed by atoms with van der Waals surface area (Å²) < 4.78 is 12.0. The van der Waals surface area contributed by atoms with E-state index in [2.05, 4.69) is 46.4 Å². The number of rotatable bonds is 4. The van der Waals surface area contributed by atoms with E-state index in [1.807, 2.05) is 18.2 Å². The Morgan fingerprint density at radius 2 is 1.63 bits per heavy atom. The van der Waals surface area contributed by atoms with Gasteiger partial charge in [-0.15, -0.1) is 18.3 Å². The Labute approximate surface area is 120 Å². The average Bonchev–Trinajstić information content (AvgIpc) is 2.57. The number of thioether (sulfide) groups is 1. The Kier molecular flexibility index (Phi) is 4.14. The molecule has 1 aromatic carbocycles. The van der Waals surface area contributed by atoms with E-state index >= 15 is 0 Å². The summed E-state index contributed by atoms with van der Waals surface area (Å²) in [6.45, 7) is 12.4. The lowest BCUT2D eigenvalue weighted by molar-refractivity contribution is 0.00578. The topological polar surface area (TPSA) is 18.5 Å². The molecule has 19 heavy (non-hydrogen) atoms. The molecule has 4 heteroatoms. The van der Waals surface area contributed by atoms with Gasteiger partial charge in [-0.1, -0.05) is 18.2 Å². The predicted octanol–water partition coefficient (Wildman–Crippen LogP) is 3.97. The highest BCUT2D eigenvalue weighted by Gasteiger charge is 2.51. The van der Waals surface area contributed by atoms with Crippen LogP contribution >= 0.6 is 11.8 Å². The quantitative estimate of drug-likeness (QED) is 0.612. The van der Waals surface area contributed by atoms with Crippen molar-refractivity contribution in [2.45, 2.75) is 43.8 Å². The van der Waals surface area contributed by atoms with Crippen molar-refractivity contribution in [2.24, 2.45) is 0 Å². The van der Waals surface area contributed by atoms with Gasteiger partial charge in [0.2, 0.25) is 0 Å². The Balaban J connectivity index is 1.92. The van der Waals surface area contributed by atoms with E-state index in [0.717, 1.165) is 11.2 Å². The second kappa shape index (κ2) is 5.35. The highest BCUT2D eigenvalue weighted by Crippen LogP contribution is 2.39. The standard InChI is InChI=1S/C15H21BO2S/c1-12(11-19-13-9-7-6-8-10-13)16-17-14(2,3)15(4,5)18-16/h6-10H,1,11H2,2-5H3. The fourth-order valence-electron chi connectivity index (χ4n) is 1.77. The largest absolute Gasteiger partial charge is 0.490 e. The zero-order valence-corrected chi connectivity index (χ0v) is 12.9. The van der Waals surface area contributed by atoms with Crippen LogP contribution in [0.25, 0.3) is 0 Å². The molecule has 0 radical (unpaired) electrons. The molecule has 0 aromatic heterocycles. The van der Waals surface area contributed by atoms with Crippen molar-refractivity contribution >= 4 is 18.9 Å². The molecule has 0 amide bonds. The van der Waals surface area contributed by atoms with E-state index in [-0.39, 0.29) is 18.3 Å². The lowest BCUT2D eigenvalue weighted by atomic mass is 9.81. The first-order valence-electron chi connectivity index (χ1n) is 6.53. The average molecular weight is 276 g/mol. The third kappa shape index (κ3) is 3.25. The lowest BCUT2D eigenvalue weighted by Crippen LogP contribution is -2.41. The highest BCUT2D eigenvalue weighted by molar-refractivity contribution is 7.99. The smallest absolute Gasteiger partial charge is 0.400 e. The minimum atomic E-state index is -0.304. The molecule has 1 aliphatic heterocycles. The summed E-state index contributed by atoms with van der Waals surface area (Å²) in [6, 6.07) is 10.3. The maximum Gasteiger partial charge on any atom is 0.490 e. The molecule has 102 valence electrons. The first-order chi connectivity index (χ1) is 8.82. The summed E-state index contributed by atoms with van der Waals surface area (Å²) in [5.74, 6) is 0.806. The second-order valence-corrected chi connectivity index (χ2v) is 6.90. The molecule has 1 aliphatic rings. The van der Waals surface area contributed by atoms with E-state index < -0.39 is 0 Å². The molecule has 0 bridgehead atoms. The fraction of sp³-hybridized carbons (Fsp3) is 0.467. The number of benzene rings is 1. The summed E-state index contributed by atoms with van der Waals surface area (Å²) in [4.78, 5) is 1.24. The van der Waals surface area contributed by atoms with Gasteiger partial charge in [-0.3, -0.25) is 0 Å². The van der Waals surface area contributed by atoms with Gasteiger partial charge in [0, 0.05) is 10.6 Å². The molecule has 0 aliphatic carbocycles. The van der Waals surface area contributed by atoms with Crippen LogP contribution in [-0.2, 0) is 9.31 Å². The van der Waals surface area contributed by atoms with Crippen molar-refractivity contribution in [1.82, 2.24) is 0 Å². The summed E-state index contributed by atoms with van der Waals surface area (Å²) in [5, 5.41) is 0. The number of hydrogen-bond acceptors (Lipinski definition) is 3. The van der Waals surface area contributed by atoms with Crippen LogP contribution in [0.1, 0.15) is 27.7 Å². The molecule has 0 spiro atoms. The van der Waals surface area contributed by atoms with Gasteiger partial charge in [0.25, 0.3) is 0 Å². The third-order valence-electron chi connectivity index (χ3n) is 3.75.